The molecule has 3 rings (SSSR count). The molecule has 1 saturated heterocycles. The first-order valence-electron chi connectivity index (χ1n) is 9.15. The summed E-state index contributed by atoms with van der Waals surface area (Å²) in [5.41, 5.74) is 3.55. The Bertz CT molecular complexity index is 862. The number of aromatic amines is 1. The van der Waals surface area contributed by atoms with Gasteiger partial charge in [0, 0.05) is 31.6 Å². The number of amides is 1. The van der Waals surface area contributed by atoms with Crippen molar-refractivity contribution in [1.82, 2.24) is 15.1 Å². The molecule has 2 heterocycles. The molecule has 1 aromatic carbocycles. The van der Waals surface area contributed by atoms with Crippen LogP contribution in [-0.2, 0) is 17.6 Å². The first-order valence-corrected chi connectivity index (χ1v) is 9.15. The first-order chi connectivity index (χ1) is 12.8. The predicted molar refractivity (Wildman–Crippen MR) is 98.1 cm³/mol. The molecule has 27 heavy (non-hydrogen) atoms. The van der Waals surface area contributed by atoms with E-state index >= 15 is 0 Å². The van der Waals surface area contributed by atoms with E-state index in [1.54, 1.807) is 6.07 Å². The van der Waals surface area contributed by atoms with E-state index in [0.717, 1.165) is 28.9 Å². The summed E-state index contributed by atoms with van der Waals surface area (Å²) in [4.78, 5) is 25.4. The summed E-state index contributed by atoms with van der Waals surface area (Å²) in [6.07, 6.45) is 2.56. The Hall–Kier alpha value is -2.70. The van der Waals surface area contributed by atoms with Gasteiger partial charge in [0.25, 0.3) is 0 Å². The summed E-state index contributed by atoms with van der Waals surface area (Å²) in [5.74, 6) is -1.61. The normalized spacial score (nSPS) is 16.7. The van der Waals surface area contributed by atoms with Gasteiger partial charge in [-0.05, 0) is 55.9 Å². The summed E-state index contributed by atoms with van der Waals surface area (Å²) < 4.78 is 13.5. The fourth-order valence-electron chi connectivity index (χ4n) is 3.58. The number of halogens is 1. The van der Waals surface area contributed by atoms with E-state index in [1.165, 1.54) is 12.1 Å². The molecule has 7 heteroatoms. The number of carbonyl (C=O) groups is 2. The van der Waals surface area contributed by atoms with Crippen molar-refractivity contribution in [3.63, 3.8) is 0 Å². The topological polar surface area (TPSA) is 86.3 Å². The van der Waals surface area contributed by atoms with Gasteiger partial charge >= 0.3 is 5.97 Å². The second-order valence-electron chi connectivity index (χ2n) is 7.24. The highest BCUT2D eigenvalue weighted by Crippen LogP contribution is 2.23. The van der Waals surface area contributed by atoms with Crippen molar-refractivity contribution in [3.05, 3.63) is 52.1 Å². The minimum Gasteiger partial charge on any atom is -0.478 e. The number of hydrogen-bond donors (Lipinski definition) is 2. The molecule has 0 aliphatic carbocycles. The number of aromatic carboxylic acids is 1. The lowest BCUT2D eigenvalue weighted by molar-refractivity contribution is -0.130. The standard InChI is InChI=1S/C20H24FN3O3/c1-12-13(2)22-23-18(12)5-6-19(25)24-8-7-15(11-24)9-14-3-4-17(21)16(10-14)20(26)27/h3-4,10,15H,5-9,11H2,1-2H3,(H,22,23)(H,26,27). The van der Waals surface area contributed by atoms with Crippen LogP contribution in [0.15, 0.2) is 18.2 Å². The van der Waals surface area contributed by atoms with Gasteiger partial charge in [0.1, 0.15) is 5.82 Å². The maximum absolute atomic E-state index is 13.5. The van der Waals surface area contributed by atoms with Crippen molar-refractivity contribution in [1.29, 1.82) is 0 Å². The number of hydrogen-bond acceptors (Lipinski definition) is 3. The molecule has 144 valence electrons. The van der Waals surface area contributed by atoms with E-state index in [1.807, 2.05) is 18.7 Å². The predicted octanol–water partition coefficient (Wildman–Crippen LogP) is 2.89. The zero-order valence-corrected chi connectivity index (χ0v) is 15.6. The number of aromatic nitrogens is 2. The summed E-state index contributed by atoms with van der Waals surface area (Å²) >= 11 is 0. The molecule has 1 aliphatic rings. The van der Waals surface area contributed by atoms with Crippen molar-refractivity contribution < 1.29 is 19.1 Å². The highest BCUT2D eigenvalue weighted by molar-refractivity contribution is 5.88. The highest BCUT2D eigenvalue weighted by atomic mass is 19.1. The fourth-order valence-corrected chi connectivity index (χ4v) is 3.58. The SMILES string of the molecule is Cc1[nH]nc(CCC(=O)N2CCC(Cc3ccc(F)c(C(=O)O)c3)C2)c1C. The lowest BCUT2D eigenvalue weighted by Gasteiger charge is -2.16. The van der Waals surface area contributed by atoms with Gasteiger partial charge in [0.15, 0.2) is 0 Å². The maximum atomic E-state index is 13.5. The minimum atomic E-state index is -1.26. The number of carboxylic acid groups (broad SMARTS) is 1. The van der Waals surface area contributed by atoms with Gasteiger partial charge in [0.2, 0.25) is 5.91 Å². The highest BCUT2D eigenvalue weighted by Gasteiger charge is 2.26. The third-order valence-corrected chi connectivity index (χ3v) is 5.35. The van der Waals surface area contributed by atoms with Crippen LogP contribution in [0.4, 0.5) is 4.39 Å². The Morgan fingerprint density at radius 2 is 2.15 bits per heavy atom. The zero-order valence-electron chi connectivity index (χ0n) is 15.6. The molecule has 6 nitrogen and oxygen atoms in total. The molecular weight excluding hydrogens is 349 g/mol. The molecule has 1 aliphatic heterocycles. The average molecular weight is 373 g/mol. The van der Waals surface area contributed by atoms with Crippen LogP contribution in [0.25, 0.3) is 0 Å². The van der Waals surface area contributed by atoms with Crippen LogP contribution in [0, 0.1) is 25.6 Å². The van der Waals surface area contributed by atoms with Gasteiger partial charge in [-0.25, -0.2) is 9.18 Å². The van der Waals surface area contributed by atoms with Gasteiger partial charge < -0.3 is 10.0 Å². The van der Waals surface area contributed by atoms with Crippen molar-refractivity contribution >= 4 is 11.9 Å². The monoisotopic (exact) mass is 373 g/mol. The van der Waals surface area contributed by atoms with E-state index in [0.29, 0.717) is 32.4 Å². The Labute approximate surface area is 157 Å². The van der Waals surface area contributed by atoms with Crippen LogP contribution < -0.4 is 0 Å². The van der Waals surface area contributed by atoms with Crippen LogP contribution in [-0.4, -0.2) is 45.2 Å². The van der Waals surface area contributed by atoms with Crippen LogP contribution >= 0.6 is 0 Å². The second-order valence-corrected chi connectivity index (χ2v) is 7.24. The third kappa shape index (κ3) is 4.35. The quantitative estimate of drug-likeness (QED) is 0.815. The molecule has 1 atom stereocenters. The molecule has 0 saturated carbocycles. The molecule has 1 fully saturated rings. The molecule has 2 N–H and O–H groups in total. The Morgan fingerprint density at radius 1 is 1.37 bits per heavy atom. The molecule has 1 amide bonds. The van der Waals surface area contributed by atoms with Crippen molar-refractivity contribution in [2.24, 2.45) is 5.92 Å². The fraction of sp³-hybridized carbons (Fsp3) is 0.450. The van der Waals surface area contributed by atoms with Crippen molar-refractivity contribution in [2.45, 2.75) is 39.5 Å². The van der Waals surface area contributed by atoms with E-state index in [-0.39, 0.29) is 17.4 Å². The van der Waals surface area contributed by atoms with E-state index in [4.69, 9.17) is 5.11 Å². The van der Waals surface area contributed by atoms with Crippen LogP contribution in [0.5, 0.6) is 0 Å². The first kappa shape index (κ1) is 19.1. The molecule has 2 aromatic rings. The summed E-state index contributed by atoms with van der Waals surface area (Å²) in [6, 6.07) is 4.21. The Morgan fingerprint density at radius 3 is 2.81 bits per heavy atom. The Balaban J connectivity index is 1.54. The lowest BCUT2D eigenvalue weighted by atomic mass is 9.97. The minimum absolute atomic E-state index is 0.114. The number of nitrogens with one attached hydrogen (secondary N) is 1. The summed E-state index contributed by atoms with van der Waals surface area (Å²) in [5, 5.41) is 16.2. The second kappa shape index (κ2) is 7.90. The average Bonchev–Trinajstić information content (AvgIpc) is 3.22. The molecule has 1 aromatic heterocycles. The smallest absolute Gasteiger partial charge is 0.338 e. The van der Waals surface area contributed by atoms with E-state index < -0.39 is 11.8 Å². The molecule has 1 unspecified atom stereocenters. The van der Waals surface area contributed by atoms with Crippen molar-refractivity contribution in [3.8, 4) is 0 Å². The van der Waals surface area contributed by atoms with E-state index in [2.05, 4.69) is 10.2 Å². The number of carboxylic acids is 1. The van der Waals surface area contributed by atoms with Gasteiger partial charge in [-0.1, -0.05) is 6.07 Å². The molecule has 0 spiro atoms. The largest absolute Gasteiger partial charge is 0.478 e. The van der Waals surface area contributed by atoms with Gasteiger partial charge in [-0.15, -0.1) is 0 Å². The number of rotatable bonds is 6. The van der Waals surface area contributed by atoms with Crippen LogP contribution in [0.3, 0.4) is 0 Å². The number of H-pyrrole nitrogens is 1. The van der Waals surface area contributed by atoms with Gasteiger partial charge in [-0.3, -0.25) is 9.89 Å². The number of benzene rings is 1. The molecule has 0 bridgehead atoms. The third-order valence-electron chi connectivity index (χ3n) is 5.35. The molecular formula is C20H24FN3O3. The number of nitrogens with zero attached hydrogens (tertiary/aromatic N) is 2. The number of aryl methyl sites for hydroxylation is 2. The number of carbonyl (C=O) groups excluding carboxylic acids is 1. The number of likely N-dealkylation sites (tertiary alicyclic amines) is 1. The van der Waals surface area contributed by atoms with Crippen LogP contribution in [0.2, 0.25) is 0 Å². The lowest BCUT2D eigenvalue weighted by Crippen LogP contribution is -2.29. The van der Waals surface area contributed by atoms with E-state index in [9.17, 15) is 14.0 Å². The van der Waals surface area contributed by atoms with Crippen LogP contribution in [0.1, 0.15) is 45.7 Å². The van der Waals surface area contributed by atoms with Crippen molar-refractivity contribution in [2.75, 3.05) is 13.1 Å². The summed E-state index contributed by atoms with van der Waals surface area (Å²) in [7, 11) is 0. The van der Waals surface area contributed by atoms with Gasteiger partial charge in [0.05, 0.1) is 11.3 Å². The summed E-state index contributed by atoms with van der Waals surface area (Å²) in [6.45, 7) is 5.31. The molecule has 0 radical (unpaired) electrons. The maximum Gasteiger partial charge on any atom is 0.338 e. The van der Waals surface area contributed by atoms with Gasteiger partial charge in [-0.2, -0.15) is 5.10 Å². The zero-order chi connectivity index (χ0) is 19.6. The Kier molecular flexibility index (Phi) is 5.58.